The molecule has 0 atom stereocenters. The maximum Gasteiger partial charge on any atom is 0.0546 e. The van der Waals surface area contributed by atoms with E-state index in [9.17, 15) is 0 Å². The van der Waals surface area contributed by atoms with Crippen LogP contribution in [0, 0.1) is 0 Å². The van der Waals surface area contributed by atoms with Crippen molar-refractivity contribution < 1.29 is 0 Å². The number of hydrogen-bond acceptors (Lipinski definition) is 1. The van der Waals surface area contributed by atoms with Gasteiger partial charge in [-0.2, -0.15) is 0 Å². The summed E-state index contributed by atoms with van der Waals surface area (Å²) in [5.41, 5.74) is 16.5. The average Bonchev–Trinajstić information content (AvgIpc) is 3.71. The molecule has 12 aromatic rings. The molecule has 11 aromatic carbocycles. The first kappa shape index (κ1) is 37.3. The highest BCUT2D eigenvalue weighted by molar-refractivity contribution is 6.15. The zero-order valence-electron chi connectivity index (χ0n) is 35.1. The molecule has 0 spiro atoms. The molecule has 2 heteroatoms. The van der Waals surface area contributed by atoms with Gasteiger partial charge in [0.15, 0.2) is 0 Å². The van der Waals surface area contributed by atoms with E-state index in [0.717, 1.165) is 22.7 Å². The molecule has 0 radical (unpaired) electrons. The summed E-state index contributed by atoms with van der Waals surface area (Å²) in [6, 6.07) is 92.6. The van der Waals surface area contributed by atoms with E-state index in [1.54, 1.807) is 0 Å². The highest BCUT2D eigenvalue weighted by Crippen LogP contribution is 2.43. The van der Waals surface area contributed by atoms with Gasteiger partial charge in [0, 0.05) is 33.2 Å². The molecule has 0 saturated carbocycles. The Hall–Kier alpha value is -8.46. The lowest BCUT2D eigenvalue weighted by Crippen LogP contribution is -2.10. The summed E-state index contributed by atoms with van der Waals surface area (Å²) in [5.74, 6) is 0. The molecular weight excluding hydrogens is 773 g/mol. The fraction of sp³-hybridized carbons (Fsp3) is 0. The number of para-hydroxylation sites is 1. The van der Waals surface area contributed by atoms with E-state index in [4.69, 9.17) is 0 Å². The first-order chi connectivity index (χ1) is 31.7. The number of fused-ring (bicyclic) bond motifs is 6. The van der Waals surface area contributed by atoms with Gasteiger partial charge in [-0.15, -0.1) is 0 Å². The zero-order chi connectivity index (χ0) is 42.4. The highest BCUT2D eigenvalue weighted by Gasteiger charge is 2.19. The van der Waals surface area contributed by atoms with Gasteiger partial charge < -0.3 is 9.47 Å². The lowest BCUT2D eigenvalue weighted by atomic mass is 9.98. The molecule has 300 valence electrons. The van der Waals surface area contributed by atoms with Crippen LogP contribution in [0.3, 0.4) is 0 Å². The standard InChI is InChI=1S/C62H42N2/c1-3-12-43(13-4-1)45-22-24-46(25-23-45)48-28-35-53(36-29-48)63(61-21-11-17-51-27-26-50-16-7-8-18-56(50)62(51)61)54-37-32-49(33-38-54)52-34-41-60-58(42-52)57-19-9-10-20-59(57)64(60)55-39-30-47(31-40-55)44-14-5-2-6-15-44/h1-42H. The topological polar surface area (TPSA) is 8.17 Å². The number of anilines is 3. The molecule has 12 rings (SSSR count). The van der Waals surface area contributed by atoms with Crippen molar-refractivity contribution in [3.05, 3.63) is 255 Å². The second-order valence-electron chi connectivity index (χ2n) is 16.5. The van der Waals surface area contributed by atoms with E-state index in [1.807, 2.05) is 0 Å². The Morgan fingerprint density at radius 3 is 1.33 bits per heavy atom. The van der Waals surface area contributed by atoms with Crippen molar-refractivity contribution in [3.63, 3.8) is 0 Å². The van der Waals surface area contributed by atoms with Gasteiger partial charge >= 0.3 is 0 Å². The molecule has 0 N–H and O–H groups in total. The van der Waals surface area contributed by atoms with Crippen molar-refractivity contribution in [2.24, 2.45) is 0 Å². The summed E-state index contributed by atoms with van der Waals surface area (Å²) in [5, 5.41) is 7.41. The van der Waals surface area contributed by atoms with Gasteiger partial charge in [-0.1, -0.05) is 194 Å². The van der Waals surface area contributed by atoms with Gasteiger partial charge in [0.2, 0.25) is 0 Å². The van der Waals surface area contributed by atoms with Crippen LogP contribution in [0.25, 0.3) is 93.5 Å². The van der Waals surface area contributed by atoms with Crippen LogP contribution in [0.5, 0.6) is 0 Å². The van der Waals surface area contributed by atoms with E-state index in [0.29, 0.717) is 0 Å². The van der Waals surface area contributed by atoms with Gasteiger partial charge in [-0.05, 0) is 121 Å². The smallest absolute Gasteiger partial charge is 0.0546 e. The van der Waals surface area contributed by atoms with Crippen LogP contribution < -0.4 is 4.90 Å². The molecule has 0 aliphatic rings. The highest BCUT2D eigenvalue weighted by atomic mass is 15.1. The van der Waals surface area contributed by atoms with Crippen molar-refractivity contribution in [1.29, 1.82) is 0 Å². The van der Waals surface area contributed by atoms with Crippen molar-refractivity contribution in [2.75, 3.05) is 4.90 Å². The largest absolute Gasteiger partial charge is 0.310 e. The molecule has 0 aliphatic heterocycles. The van der Waals surface area contributed by atoms with Gasteiger partial charge in [0.05, 0.1) is 16.7 Å². The third-order valence-electron chi connectivity index (χ3n) is 12.8. The van der Waals surface area contributed by atoms with Crippen molar-refractivity contribution in [3.8, 4) is 50.2 Å². The van der Waals surface area contributed by atoms with Crippen molar-refractivity contribution in [1.82, 2.24) is 4.57 Å². The lowest BCUT2D eigenvalue weighted by molar-refractivity contribution is 1.18. The van der Waals surface area contributed by atoms with Gasteiger partial charge in [-0.25, -0.2) is 0 Å². The Morgan fingerprint density at radius 2 is 0.703 bits per heavy atom. The lowest BCUT2D eigenvalue weighted by Gasteiger charge is -2.28. The van der Waals surface area contributed by atoms with Crippen LogP contribution in [-0.2, 0) is 0 Å². The Balaban J connectivity index is 0.931. The summed E-state index contributed by atoms with van der Waals surface area (Å²) in [6.45, 7) is 0. The SMILES string of the molecule is c1ccc(-c2ccc(-c3ccc(N(c4ccc(-c5ccc6c(c5)c5ccccc5n6-c5ccc(-c6ccccc6)cc5)cc4)c4cccc5ccc6ccccc6c45)cc3)cc2)cc1. The van der Waals surface area contributed by atoms with E-state index >= 15 is 0 Å². The minimum absolute atomic E-state index is 1.10. The molecule has 0 unspecified atom stereocenters. The average molecular weight is 815 g/mol. The Bertz CT molecular complexity index is 3610. The fourth-order valence-corrected chi connectivity index (χ4v) is 9.61. The molecule has 0 fully saturated rings. The van der Waals surface area contributed by atoms with Gasteiger partial charge in [0.1, 0.15) is 0 Å². The molecule has 1 heterocycles. The molecule has 1 aromatic heterocycles. The first-order valence-corrected chi connectivity index (χ1v) is 22.0. The number of hydrogen-bond donors (Lipinski definition) is 0. The predicted molar refractivity (Wildman–Crippen MR) is 272 cm³/mol. The molecule has 64 heavy (non-hydrogen) atoms. The molecule has 0 bridgehead atoms. The Morgan fingerprint density at radius 1 is 0.266 bits per heavy atom. The minimum atomic E-state index is 1.10. The van der Waals surface area contributed by atoms with Crippen LogP contribution in [-0.4, -0.2) is 4.57 Å². The van der Waals surface area contributed by atoms with E-state index in [2.05, 4.69) is 264 Å². The fourth-order valence-electron chi connectivity index (χ4n) is 9.61. The second kappa shape index (κ2) is 15.8. The van der Waals surface area contributed by atoms with Crippen LogP contribution in [0.2, 0.25) is 0 Å². The summed E-state index contributed by atoms with van der Waals surface area (Å²) < 4.78 is 2.39. The number of rotatable bonds is 8. The molecule has 2 nitrogen and oxygen atoms in total. The quantitative estimate of drug-likeness (QED) is 0.139. The van der Waals surface area contributed by atoms with Gasteiger partial charge in [-0.3, -0.25) is 0 Å². The monoisotopic (exact) mass is 814 g/mol. The third-order valence-corrected chi connectivity index (χ3v) is 12.8. The van der Waals surface area contributed by atoms with Crippen LogP contribution in [0.4, 0.5) is 17.1 Å². The number of nitrogens with zero attached hydrogens (tertiary/aromatic N) is 2. The first-order valence-electron chi connectivity index (χ1n) is 22.0. The van der Waals surface area contributed by atoms with Gasteiger partial charge in [0.25, 0.3) is 0 Å². The van der Waals surface area contributed by atoms with Crippen LogP contribution in [0.1, 0.15) is 0 Å². The summed E-state index contributed by atoms with van der Waals surface area (Å²) in [7, 11) is 0. The van der Waals surface area contributed by atoms with Crippen LogP contribution in [0.15, 0.2) is 255 Å². The van der Waals surface area contributed by atoms with Crippen molar-refractivity contribution in [2.45, 2.75) is 0 Å². The molecule has 0 aliphatic carbocycles. The molecule has 0 amide bonds. The summed E-state index contributed by atoms with van der Waals surface area (Å²) >= 11 is 0. The Labute approximate surface area is 373 Å². The van der Waals surface area contributed by atoms with E-state index < -0.39 is 0 Å². The third kappa shape index (κ3) is 6.61. The van der Waals surface area contributed by atoms with Crippen LogP contribution >= 0.6 is 0 Å². The number of benzene rings is 11. The predicted octanol–water partition coefficient (Wildman–Crippen LogP) is 17.2. The Kier molecular flexibility index (Phi) is 9.20. The molecular formula is C62H42N2. The minimum Gasteiger partial charge on any atom is -0.310 e. The van der Waals surface area contributed by atoms with E-state index in [-0.39, 0.29) is 0 Å². The normalized spacial score (nSPS) is 11.4. The zero-order valence-corrected chi connectivity index (χ0v) is 35.1. The molecule has 0 saturated heterocycles. The maximum absolute atomic E-state index is 2.42. The maximum atomic E-state index is 2.42. The van der Waals surface area contributed by atoms with Crippen molar-refractivity contribution >= 4 is 60.4 Å². The summed E-state index contributed by atoms with van der Waals surface area (Å²) in [4.78, 5) is 2.42. The number of aromatic nitrogens is 1. The summed E-state index contributed by atoms with van der Waals surface area (Å²) in [6.07, 6.45) is 0. The van der Waals surface area contributed by atoms with E-state index in [1.165, 1.54) is 87.9 Å². The second-order valence-corrected chi connectivity index (χ2v) is 16.5.